The summed E-state index contributed by atoms with van der Waals surface area (Å²) in [6, 6.07) is 27.4. The first-order valence-electron chi connectivity index (χ1n) is 11.7. The number of hydrogen-bond acceptors (Lipinski definition) is 4. The van der Waals surface area contributed by atoms with Gasteiger partial charge in [0.2, 0.25) is 0 Å². The quantitative estimate of drug-likeness (QED) is 0.278. The Morgan fingerprint density at radius 1 is 1.03 bits per heavy atom. The van der Waals surface area contributed by atoms with Crippen molar-refractivity contribution in [2.24, 2.45) is 0 Å². The largest absolute Gasteiger partial charge is 0.496 e. The number of amides is 1. The summed E-state index contributed by atoms with van der Waals surface area (Å²) in [6.45, 7) is 9.08. The lowest BCUT2D eigenvalue weighted by Crippen LogP contribution is -2.17. The molecule has 0 aliphatic heterocycles. The van der Waals surface area contributed by atoms with Crippen LogP contribution in [0.3, 0.4) is 0 Å². The molecule has 5 aromatic rings. The summed E-state index contributed by atoms with van der Waals surface area (Å²) < 4.78 is 7.09. The van der Waals surface area contributed by atoms with Gasteiger partial charge in [-0.15, -0.1) is 0 Å². The van der Waals surface area contributed by atoms with E-state index in [9.17, 15) is 9.90 Å². The van der Waals surface area contributed by atoms with E-state index in [0.29, 0.717) is 45.3 Å². The summed E-state index contributed by atoms with van der Waals surface area (Å²) in [4.78, 5) is 16.8. The molecule has 1 atom stereocenters. The molecule has 4 aromatic carbocycles. The minimum Gasteiger partial charge on any atom is -0.496 e. The second-order valence-corrected chi connectivity index (χ2v) is 8.60. The number of nitrogens with one attached hydrogen (secondary N) is 1. The number of benzene rings is 4. The number of aromatic nitrogens is 2. The van der Waals surface area contributed by atoms with Gasteiger partial charge >= 0.3 is 0 Å². The van der Waals surface area contributed by atoms with E-state index in [1.54, 1.807) is 62.6 Å². The SMILES string of the molecule is [C-]#[N+]c1cccc(-n2nc(C)cc2C(=O)Nc2cccc(C(O)c3c(OC)ccc4ccccc34)c2)c1. The fourth-order valence-electron chi connectivity index (χ4n) is 4.44. The highest BCUT2D eigenvalue weighted by Crippen LogP contribution is 2.37. The Bertz CT molecular complexity index is 1670. The van der Waals surface area contributed by atoms with E-state index in [1.165, 1.54) is 4.68 Å². The molecule has 1 unspecified atom stereocenters. The van der Waals surface area contributed by atoms with Crippen molar-refractivity contribution in [1.29, 1.82) is 0 Å². The van der Waals surface area contributed by atoms with E-state index in [0.717, 1.165) is 10.8 Å². The normalized spacial score (nSPS) is 11.6. The van der Waals surface area contributed by atoms with Gasteiger partial charge in [-0.1, -0.05) is 54.6 Å². The first kappa shape index (κ1) is 23.8. The van der Waals surface area contributed by atoms with Gasteiger partial charge in [0.1, 0.15) is 17.5 Å². The molecule has 1 aromatic heterocycles. The highest BCUT2D eigenvalue weighted by Gasteiger charge is 2.20. The average molecular weight is 489 g/mol. The zero-order valence-electron chi connectivity index (χ0n) is 20.3. The van der Waals surface area contributed by atoms with Gasteiger partial charge in [-0.3, -0.25) is 4.79 Å². The number of rotatable bonds is 6. The molecular weight excluding hydrogens is 464 g/mol. The minimum absolute atomic E-state index is 0.335. The maximum absolute atomic E-state index is 13.3. The predicted octanol–water partition coefficient (Wildman–Crippen LogP) is 6.23. The van der Waals surface area contributed by atoms with E-state index < -0.39 is 6.10 Å². The number of ether oxygens (including phenoxy) is 1. The second-order valence-electron chi connectivity index (χ2n) is 8.60. The monoisotopic (exact) mass is 488 g/mol. The van der Waals surface area contributed by atoms with Crippen LogP contribution in [0.2, 0.25) is 0 Å². The number of carbonyl (C=O) groups is 1. The van der Waals surface area contributed by atoms with Crippen molar-refractivity contribution in [3.05, 3.63) is 125 Å². The van der Waals surface area contributed by atoms with Crippen LogP contribution in [0.15, 0.2) is 91.0 Å². The van der Waals surface area contributed by atoms with Crippen LogP contribution in [-0.2, 0) is 0 Å². The van der Waals surface area contributed by atoms with E-state index in [-0.39, 0.29) is 5.91 Å². The van der Waals surface area contributed by atoms with Gasteiger partial charge < -0.3 is 15.2 Å². The Morgan fingerprint density at radius 2 is 1.84 bits per heavy atom. The Kier molecular flexibility index (Phi) is 6.42. The predicted molar refractivity (Wildman–Crippen MR) is 144 cm³/mol. The first-order chi connectivity index (χ1) is 18.0. The molecule has 5 rings (SSSR count). The van der Waals surface area contributed by atoms with Crippen LogP contribution < -0.4 is 10.1 Å². The molecule has 7 heteroatoms. The molecule has 0 saturated carbocycles. The second kappa shape index (κ2) is 9.97. The molecular formula is C30H24N4O3. The summed E-state index contributed by atoms with van der Waals surface area (Å²) in [5.41, 5.74) is 3.90. The third-order valence-electron chi connectivity index (χ3n) is 6.15. The van der Waals surface area contributed by atoms with E-state index in [1.807, 2.05) is 42.5 Å². The summed E-state index contributed by atoms with van der Waals surface area (Å²) in [5, 5.41) is 20.7. The molecule has 1 amide bonds. The van der Waals surface area contributed by atoms with Gasteiger partial charge in [0.15, 0.2) is 5.69 Å². The van der Waals surface area contributed by atoms with Crippen molar-refractivity contribution < 1.29 is 14.6 Å². The van der Waals surface area contributed by atoms with Crippen LogP contribution in [0.25, 0.3) is 21.3 Å². The van der Waals surface area contributed by atoms with Gasteiger partial charge in [-0.2, -0.15) is 5.10 Å². The third-order valence-corrected chi connectivity index (χ3v) is 6.15. The van der Waals surface area contributed by atoms with Crippen LogP contribution in [0.4, 0.5) is 11.4 Å². The summed E-state index contributed by atoms with van der Waals surface area (Å²) in [5.74, 6) is 0.227. The molecule has 0 fully saturated rings. The van der Waals surface area contributed by atoms with Crippen LogP contribution in [-0.4, -0.2) is 27.9 Å². The molecule has 0 aliphatic carbocycles. The lowest BCUT2D eigenvalue weighted by Gasteiger charge is -2.19. The molecule has 0 aliphatic rings. The fourth-order valence-corrected chi connectivity index (χ4v) is 4.44. The molecule has 7 nitrogen and oxygen atoms in total. The van der Waals surface area contributed by atoms with Crippen molar-refractivity contribution in [2.45, 2.75) is 13.0 Å². The van der Waals surface area contributed by atoms with E-state index in [2.05, 4.69) is 15.3 Å². The maximum Gasteiger partial charge on any atom is 0.274 e. The Balaban J connectivity index is 1.47. The highest BCUT2D eigenvalue weighted by atomic mass is 16.5. The number of aryl methyl sites for hydroxylation is 1. The molecule has 182 valence electrons. The van der Waals surface area contributed by atoms with E-state index in [4.69, 9.17) is 11.3 Å². The number of hydrogen-bond donors (Lipinski definition) is 2. The molecule has 37 heavy (non-hydrogen) atoms. The number of aliphatic hydroxyl groups is 1. The number of carbonyl (C=O) groups excluding carboxylic acids is 1. The smallest absolute Gasteiger partial charge is 0.274 e. The molecule has 2 N–H and O–H groups in total. The highest BCUT2D eigenvalue weighted by molar-refractivity contribution is 6.03. The fraction of sp³-hybridized carbons (Fsp3) is 0.100. The van der Waals surface area contributed by atoms with Crippen molar-refractivity contribution in [3.63, 3.8) is 0 Å². The zero-order chi connectivity index (χ0) is 25.9. The third kappa shape index (κ3) is 4.66. The summed E-state index contributed by atoms with van der Waals surface area (Å²) >= 11 is 0. The molecule has 1 heterocycles. The number of methoxy groups -OCH3 is 1. The minimum atomic E-state index is -0.970. The molecule has 0 spiro atoms. The number of anilines is 1. The van der Waals surface area contributed by atoms with Crippen molar-refractivity contribution in [1.82, 2.24) is 9.78 Å². The van der Waals surface area contributed by atoms with Gasteiger partial charge in [0.25, 0.3) is 5.91 Å². The summed E-state index contributed by atoms with van der Waals surface area (Å²) in [7, 11) is 1.58. The standard InChI is InChI=1S/C30H24N4O3/c1-19-16-26(34(33-19)24-12-7-10-22(18-24)31-2)30(36)32-23-11-6-9-21(17-23)29(35)28-25-13-5-4-8-20(25)14-15-27(28)37-3/h4-18,29,35H,1,3H3,(H,32,36). The zero-order valence-corrected chi connectivity index (χ0v) is 20.3. The molecule has 0 bridgehead atoms. The van der Waals surface area contributed by atoms with E-state index >= 15 is 0 Å². The topological polar surface area (TPSA) is 80.7 Å². The van der Waals surface area contributed by atoms with Crippen molar-refractivity contribution in [2.75, 3.05) is 12.4 Å². The number of nitrogens with zero attached hydrogens (tertiary/aromatic N) is 3. The number of fused-ring (bicyclic) bond motifs is 1. The van der Waals surface area contributed by atoms with Gasteiger partial charge in [-0.25, -0.2) is 9.53 Å². The maximum atomic E-state index is 13.3. The first-order valence-corrected chi connectivity index (χ1v) is 11.7. The lowest BCUT2D eigenvalue weighted by atomic mass is 9.94. The Labute approximate surface area is 214 Å². The van der Waals surface area contributed by atoms with Crippen molar-refractivity contribution >= 4 is 28.1 Å². The van der Waals surface area contributed by atoms with Crippen molar-refractivity contribution in [3.8, 4) is 11.4 Å². The van der Waals surface area contributed by atoms with Gasteiger partial charge in [-0.05, 0) is 59.7 Å². The number of aliphatic hydroxyl groups excluding tert-OH is 1. The van der Waals surface area contributed by atoms with Crippen LogP contribution in [0.1, 0.15) is 33.4 Å². The van der Waals surface area contributed by atoms with Crippen LogP contribution >= 0.6 is 0 Å². The average Bonchev–Trinajstić information content (AvgIpc) is 3.34. The molecule has 0 radical (unpaired) electrons. The van der Waals surface area contributed by atoms with Crippen LogP contribution in [0.5, 0.6) is 5.75 Å². The summed E-state index contributed by atoms with van der Waals surface area (Å²) in [6.07, 6.45) is -0.970. The van der Waals surface area contributed by atoms with Gasteiger partial charge in [0, 0.05) is 11.3 Å². The molecule has 0 saturated heterocycles. The Hall–Kier alpha value is -4.93. The van der Waals surface area contributed by atoms with Crippen LogP contribution in [0, 0.1) is 13.5 Å². The van der Waals surface area contributed by atoms with Gasteiger partial charge in [0.05, 0.1) is 25.1 Å². The Morgan fingerprint density at radius 3 is 2.65 bits per heavy atom. The lowest BCUT2D eigenvalue weighted by molar-refractivity contribution is 0.101.